The van der Waals surface area contributed by atoms with Gasteiger partial charge in [0.05, 0.1) is 23.7 Å². The lowest BCUT2D eigenvalue weighted by Gasteiger charge is -2.22. The molecule has 2 N–H and O–H groups in total. The van der Waals surface area contributed by atoms with E-state index in [9.17, 15) is 14.4 Å². The lowest BCUT2D eigenvalue weighted by atomic mass is 9.90. The SMILES string of the molecule is Cc1ccc(C2CC(c3c(-c4ccc(Cl)cc4)c(C)c(C)[nH]c3=O)=NN2C(=O)CCC(=O)O)cc1. The van der Waals surface area contributed by atoms with Crippen LogP contribution < -0.4 is 5.56 Å². The van der Waals surface area contributed by atoms with Crippen molar-refractivity contribution in [1.29, 1.82) is 0 Å². The van der Waals surface area contributed by atoms with Crippen molar-refractivity contribution in [2.24, 2.45) is 5.10 Å². The fourth-order valence-electron chi connectivity index (χ4n) is 4.34. The van der Waals surface area contributed by atoms with Gasteiger partial charge in [-0.25, -0.2) is 5.01 Å². The predicted molar refractivity (Wildman–Crippen MR) is 136 cm³/mol. The molecule has 180 valence electrons. The zero-order chi connectivity index (χ0) is 25.3. The standard InChI is InChI=1S/C27H26ClN3O4/c1-15-4-6-18(7-5-15)22-14-21(30-31(22)23(32)12-13-24(33)34)26-25(16(2)17(3)29-27(26)35)19-8-10-20(28)11-9-19/h4-11,22H,12-14H2,1-3H3,(H,29,35)(H,33,34). The van der Waals surface area contributed by atoms with E-state index in [0.717, 1.165) is 33.5 Å². The van der Waals surface area contributed by atoms with Gasteiger partial charge in [-0.3, -0.25) is 14.4 Å². The van der Waals surface area contributed by atoms with E-state index in [1.807, 2.05) is 57.2 Å². The largest absolute Gasteiger partial charge is 0.481 e. The van der Waals surface area contributed by atoms with E-state index in [4.69, 9.17) is 16.7 Å². The lowest BCUT2D eigenvalue weighted by Crippen LogP contribution is -2.27. The number of aromatic nitrogens is 1. The summed E-state index contributed by atoms with van der Waals surface area (Å²) in [4.78, 5) is 40.3. The first-order valence-electron chi connectivity index (χ1n) is 11.3. The molecule has 0 spiro atoms. The number of carboxylic acids is 1. The quantitative estimate of drug-likeness (QED) is 0.497. The number of hydrazone groups is 1. The molecule has 1 atom stereocenters. The van der Waals surface area contributed by atoms with Gasteiger partial charge in [0.1, 0.15) is 0 Å². The number of carbonyl (C=O) groups is 2. The van der Waals surface area contributed by atoms with Gasteiger partial charge in [-0.2, -0.15) is 5.10 Å². The van der Waals surface area contributed by atoms with Gasteiger partial charge in [0, 0.05) is 29.1 Å². The molecule has 1 aromatic heterocycles. The van der Waals surface area contributed by atoms with Crippen LogP contribution in [0.3, 0.4) is 0 Å². The van der Waals surface area contributed by atoms with Crippen molar-refractivity contribution in [3.63, 3.8) is 0 Å². The van der Waals surface area contributed by atoms with Gasteiger partial charge in [0.15, 0.2) is 0 Å². The number of aliphatic carboxylic acids is 1. The second-order valence-electron chi connectivity index (χ2n) is 8.77. The molecule has 35 heavy (non-hydrogen) atoms. The predicted octanol–water partition coefficient (Wildman–Crippen LogP) is 5.16. The minimum atomic E-state index is -1.05. The molecule has 1 aliphatic rings. The summed E-state index contributed by atoms with van der Waals surface area (Å²) in [5.74, 6) is -1.45. The Balaban J connectivity index is 1.85. The summed E-state index contributed by atoms with van der Waals surface area (Å²) < 4.78 is 0. The Labute approximate surface area is 208 Å². The highest BCUT2D eigenvalue weighted by Crippen LogP contribution is 2.36. The minimum absolute atomic E-state index is 0.179. The molecule has 7 nitrogen and oxygen atoms in total. The Bertz CT molecular complexity index is 1380. The first-order valence-corrected chi connectivity index (χ1v) is 11.7. The van der Waals surface area contributed by atoms with E-state index >= 15 is 0 Å². The first kappa shape index (κ1) is 24.4. The van der Waals surface area contributed by atoms with E-state index in [-0.39, 0.29) is 18.4 Å². The highest BCUT2D eigenvalue weighted by atomic mass is 35.5. The second-order valence-corrected chi connectivity index (χ2v) is 9.21. The Morgan fingerprint density at radius 1 is 1.03 bits per heavy atom. The average molecular weight is 492 g/mol. The van der Waals surface area contributed by atoms with Crippen LogP contribution in [0.5, 0.6) is 0 Å². The van der Waals surface area contributed by atoms with Gasteiger partial charge in [-0.15, -0.1) is 0 Å². The maximum atomic E-state index is 13.3. The van der Waals surface area contributed by atoms with Crippen LogP contribution in [0.4, 0.5) is 0 Å². The van der Waals surface area contributed by atoms with Crippen molar-refractivity contribution in [1.82, 2.24) is 9.99 Å². The fourth-order valence-corrected chi connectivity index (χ4v) is 4.46. The van der Waals surface area contributed by atoms with E-state index in [0.29, 0.717) is 22.7 Å². The number of H-pyrrole nitrogens is 1. The van der Waals surface area contributed by atoms with Crippen LogP contribution >= 0.6 is 11.6 Å². The van der Waals surface area contributed by atoms with Crippen LogP contribution in [0, 0.1) is 20.8 Å². The van der Waals surface area contributed by atoms with Crippen LogP contribution in [-0.4, -0.2) is 32.7 Å². The highest BCUT2D eigenvalue weighted by molar-refractivity contribution is 6.30. The van der Waals surface area contributed by atoms with Crippen molar-refractivity contribution in [3.8, 4) is 11.1 Å². The number of hydrogen-bond donors (Lipinski definition) is 2. The molecular weight excluding hydrogens is 466 g/mol. The summed E-state index contributed by atoms with van der Waals surface area (Å²) in [7, 11) is 0. The number of aromatic amines is 1. The Morgan fingerprint density at radius 3 is 2.31 bits per heavy atom. The molecule has 1 unspecified atom stereocenters. The van der Waals surface area contributed by atoms with Crippen molar-refractivity contribution in [2.45, 2.75) is 46.1 Å². The highest BCUT2D eigenvalue weighted by Gasteiger charge is 2.35. The molecule has 0 aliphatic carbocycles. The summed E-state index contributed by atoms with van der Waals surface area (Å²) in [5.41, 5.74) is 5.73. The average Bonchev–Trinajstić information content (AvgIpc) is 3.26. The number of benzene rings is 2. The maximum Gasteiger partial charge on any atom is 0.303 e. The molecular formula is C27H26ClN3O4. The van der Waals surface area contributed by atoms with Crippen LogP contribution in [0.25, 0.3) is 11.1 Å². The molecule has 0 saturated heterocycles. The zero-order valence-electron chi connectivity index (χ0n) is 19.8. The molecule has 0 fully saturated rings. The van der Waals surface area contributed by atoms with E-state index in [1.54, 1.807) is 12.1 Å². The zero-order valence-corrected chi connectivity index (χ0v) is 20.5. The number of nitrogens with one attached hydrogen (secondary N) is 1. The van der Waals surface area contributed by atoms with Gasteiger partial charge in [-0.1, -0.05) is 53.6 Å². The second kappa shape index (κ2) is 9.88. The number of pyridine rings is 1. The molecule has 0 saturated carbocycles. The Hall–Kier alpha value is -3.71. The number of carboxylic acid groups (broad SMARTS) is 1. The number of rotatable bonds is 6. The number of hydrogen-bond acceptors (Lipinski definition) is 4. The smallest absolute Gasteiger partial charge is 0.303 e. The van der Waals surface area contributed by atoms with Crippen LogP contribution in [0.15, 0.2) is 58.4 Å². The Kier molecular flexibility index (Phi) is 6.89. The number of amides is 1. The third-order valence-electron chi connectivity index (χ3n) is 6.32. The van der Waals surface area contributed by atoms with E-state index in [1.165, 1.54) is 5.01 Å². The number of carbonyl (C=O) groups excluding carboxylic acids is 1. The van der Waals surface area contributed by atoms with Crippen LogP contribution in [0.1, 0.15) is 53.3 Å². The van der Waals surface area contributed by atoms with Crippen LogP contribution in [0.2, 0.25) is 5.02 Å². The third kappa shape index (κ3) is 5.05. The summed E-state index contributed by atoms with van der Waals surface area (Å²) >= 11 is 6.09. The summed E-state index contributed by atoms with van der Waals surface area (Å²) in [6, 6.07) is 14.6. The summed E-state index contributed by atoms with van der Waals surface area (Å²) in [6.07, 6.45) is -0.142. The molecule has 1 aliphatic heterocycles. The molecule has 2 aromatic carbocycles. The molecule has 8 heteroatoms. The number of aryl methyl sites for hydroxylation is 2. The summed E-state index contributed by atoms with van der Waals surface area (Å²) in [5, 5.41) is 15.6. The lowest BCUT2D eigenvalue weighted by molar-refractivity contribution is -0.141. The van der Waals surface area contributed by atoms with E-state index in [2.05, 4.69) is 10.1 Å². The first-order chi connectivity index (χ1) is 16.7. The number of halogens is 1. The third-order valence-corrected chi connectivity index (χ3v) is 6.57. The normalized spacial score (nSPS) is 15.3. The molecule has 0 bridgehead atoms. The van der Waals surface area contributed by atoms with Gasteiger partial charge >= 0.3 is 5.97 Å². The van der Waals surface area contributed by atoms with Gasteiger partial charge < -0.3 is 10.1 Å². The molecule has 2 heterocycles. The summed E-state index contributed by atoms with van der Waals surface area (Å²) in [6.45, 7) is 5.75. The van der Waals surface area contributed by atoms with Gasteiger partial charge in [0.2, 0.25) is 5.91 Å². The van der Waals surface area contributed by atoms with Crippen LogP contribution in [-0.2, 0) is 9.59 Å². The van der Waals surface area contributed by atoms with Crippen molar-refractivity contribution in [2.75, 3.05) is 0 Å². The molecule has 1 amide bonds. The topological polar surface area (TPSA) is 103 Å². The van der Waals surface area contributed by atoms with Gasteiger partial charge in [-0.05, 0) is 49.6 Å². The Morgan fingerprint density at radius 2 is 1.69 bits per heavy atom. The van der Waals surface area contributed by atoms with Crippen molar-refractivity contribution < 1.29 is 14.7 Å². The monoisotopic (exact) mass is 491 g/mol. The number of nitrogens with zero attached hydrogens (tertiary/aromatic N) is 2. The van der Waals surface area contributed by atoms with E-state index < -0.39 is 17.9 Å². The van der Waals surface area contributed by atoms with Gasteiger partial charge in [0.25, 0.3) is 5.56 Å². The minimum Gasteiger partial charge on any atom is -0.481 e. The molecule has 3 aromatic rings. The fraction of sp³-hybridized carbons (Fsp3) is 0.259. The maximum absolute atomic E-state index is 13.3. The van der Waals surface area contributed by atoms with Crippen molar-refractivity contribution >= 4 is 29.2 Å². The van der Waals surface area contributed by atoms with Crippen molar-refractivity contribution in [3.05, 3.63) is 91.9 Å². The molecule has 4 rings (SSSR count). The molecule has 0 radical (unpaired) electrons.